The summed E-state index contributed by atoms with van der Waals surface area (Å²) in [6.07, 6.45) is 3.49. The summed E-state index contributed by atoms with van der Waals surface area (Å²) in [7, 11) is -3.82. The Hall–Kier alpha value is -3.60. The van der Waals surface area contributed by atoms with Gasteiger partial charge in [0.05, 0.1) is 28.1 Å². The zero-order valence-corrected chi connectivity index (χ0v) is 20.8. The van der Waals surface area contributed by atoms with Gasteiger partial charge in [-0.05, 0) is 68.0 Å². The second kappa shape index (κ2) is 10.8. The third kappa shape index (κ3) is 6.59. The Balaban J connectivity index is 1.43. The van der Waals surface area contributed by atoms with Crippen LogP contribution in [0.15, 0.2) is 71.7 Å². The van der Waals surface area contributed by atoms with Crippen LogP contribution in [0.5, 0.6) is 0 Å². The molecule has 7 nitrogen and oxygen atoms in total. The van der Waals surface area contributed by atoms with Crippen LogP contribution in [0.4, 0.5) is 13.2 Å². The van der Waals surface area contributed by atoms with E-state index in [1.165, 1.54) is 30.2 Å². The summed E-state index contributed by atoms with van der Waals surface area (Å²) >= 11 is 0. The fraction of sp³-hybridized carbons (Fsp3) is 0.308. The Morgan fingerprint density at radius 3 is 2.43 bits per heavy atom. The molecule has 37 heavy (non-hydrogen) atoms. The topological polar surface area (TPSA) is 102 Å². The van der Waals surface area contributed by atoms with Crippen molar-refractivity contribution in [2.24, 2.45) is 0 Å². The summed E-state index contributed by atoms with van der Waals surface area (Å²) in [5.74, 6) is -0.764. The lowest BCUT2D eigenvalue weighted by Crippen LogP contribution is -2.37. The second-order valence-corrected chi connectivity index (χ2v) is 10.9. The zero-order chi connectivity index (χ0) is 26.6. The van der Waals surface area contributed by atoms with Gasteiger partial charge in [-0.15, -0.1) is 0 Å². The Bertz CT molecular complexity index is 1400. The van der Waals surface area contributed by atoms with E-state index in [0.717, 1.165) is 49.0 Å². The van der Waals surface area contributed by atoms with Gasteiger partial charge in [0, 0.05) is 24.6 Å². The third-order valence-electron chi connectivity index (χ3n) is 6.37. The molecule has 0 bridgehead atoms. The maximum atomic E-state index is 13.0. The number of halogens is 3. The van der Waals surface area contributed by atoms with Crippen molar-refractivity contribution < 1.29 is 26.4 Å². The zero-order valence-electron chi connectivity index (χ0n) is 20.0. The molecule has 0 spiro atoms. The van der Waals surface area contributed by atoms with E-state index < -0.39 is 27.3 Å². The molecule has 2 heterocycles. The van der Waals surface area contributed by atoms with Gasteiger partial charge >= 0.3 is 6.18 Å². The van der Waals surface area contributed by atoms with Crippen molar-refractivity contribution in [1.82, 2.24) is 20.3 Å². The van der Waals surface area contributed by atoms with E-state index in [4.69, 9.17) is 0 Å². The molecule has 0 saturated heterocycles. The predicted molar refractivity (Wildman–Crippen MR) is 131 cm³/mol. The molecule has 1 saturated carbocycles. The molecule has 3 aromatic rings. The number of nitrogens with zero attached hydrogens (tertiary/aromatic N) is 3. The van der Waals surface area contributed by atoms with Crippen LogP contribution in [0.25, 0.3) is 5.57 Å². The van der Waals surface area contributed by atoms with Crippen LogP contribution in [-0.2, 0) is 21.8 Å². The number of hydrogen-bond acceptors (Lipinski definition) is 6. The van der Waals surface area contributed by atoms with Crippen LogP contribution in [0.2, 0.25) is 0 Å². The number of amides is 1. The van der Waals surface area contributed by atoms with Gasteiger partial charge in [-0.2, -0.15) is 13.2 Å². The maximum Gasteiger partial charge on any atom is 0.417 e. The van der Waals surface area contributed by atoms with Gasteiger partial charge < -0.3 is 5.32 Å². The number of nitrogens with one attached hydrogen (secondary N) is 1. The van der Waals surface area contributed by atoms with E-state index in [1.54, 1.807) is 12.1 Å². The van der Waals surface area contributed by atoms with Gasteiger partial charge in [0.15, 0.2) is 9.84 Å². The molecule has 1 aliphatic carbocycles. The molecule has 1 N–H and O–H groups in total. The van der Waals surface area contributed by atoms with Crippen LogP contribution >= 0.6 is 0 Å². The van der Waals surface area contributed by atoms with Crippen molar-refractivity contribution >= 4 is 21.3 Å². The highest BCUT2D eigenvalue weighted by atomic mass is 32.2. The van der Waals surface area contributed by atoms with Gasteiger partial charge in [0.1, 0.15) is 5.69 Å². The first kappa shape index (κ1) is 26.5. The first-order chi connectivity index (χ1) is 17.5. The molecule has 0 unspecified atom stereocenters. The van der Waals surface area contributed by atoms with Gasteiger partial charge in [-0.1, -0.05) is 17.7 Å². The highest BCUT2D eigenvalue weighted by molar-refractivity contribution is 7.90. The minimum atomic E-state index is -4.54. The van der Waals surface area contributed by atoms with Crippen LogP contribution in [0.3, 0.4) is 0 Å². The van der Waals surface area contributed by atoms with Crippen molar-refractivity contribution in [2.45, 2.75) is 55.5 Å². The Morgan fingerprint density at radius 1 is 1.05 bits per heavy atom. The minimum Gasteiger partial charge on any atom is -0.348 e. The minimum absolute atomic E-state index is 0.00834. The van der Waals surface area contributed by atoms with Crippen LogP contribution in [0.1, 0.15) is 59.9 Å². The fourth-order valence-electron chi connectivity index (χ4n) is 4.24. The van der Waals surface area contributed by atoms with Crippen molar-refractivity contribution in [2.75, 3.05) is 0 Å². The standard InChI is InChI=1S/C26H25F3N4O3S/c1-17(18-5-8-21(9-6-18)33-25(34)24-15-30-11-12-31-24)19-3-2-4-23(13-19)37(35,36)16-22-10-7-20(14-32-22)26(27,28)29/h2-4,7,10-15,21H,5-6,8-9,16H2,1H3,(H,33,34). The first-order valence-electron chi connectivity index (χ1n) is 11.6. The molecular weight excluding hydrogens is 505 g/mol. The first-order valence-corrected chi connectivity index (χ1v) is 13.3. The molecule has 1 fully saturated rings. The predicted octanol–water partition coefficient (Wildman–Crippen LogP) is 5.01. The molecule has 2 aromatic heterocycles. The van der Waals surface area contributed by atoms with Gasteiger partial charge in [-0.3, -0.25) is 14.8 Å². The molecule has 1 amide bonds. The molecule has 4 rings (SSSR count). The third-order valence-corrected chi connectivity index (χ3v) is 8.01. The molecular formula is C26H25F3N4O3S. The lowest BCUT2D eigenvalue weighted by molar-refractivity contribution is -0.137. The van der Waals surface area contributed by atoms with E-state index >= 15 is 0 Å². The van der Waals surface area contributed by atoms with Crippen LogP contribution < -0.4 is 5.32 Å². The summed E-state index contributed by atoms with van der Waals surface area (Å²) in [5, 5.41) is 2.99. The van der Waals surface area contributed by atoms with Crippen molar-refractivity contribution in [3.8, 4) is 0 Å². The van der Waals surface area contributed by atoms with Gasteiger partial charge in [0.25, 0.3) is 5.91 Å². The molecule has 1 aliphatic rings. The number of hydrogen-bond donors (Lipinski definition) is 1. The number of aromatic nitrogens is 3. The van der Waals surface area contributed by atoms with Crippen molar-refractivity contribution in [1.29, 1.82) is 0 Å². The van der Waals surface area contributed by atoms with E-state index in [2.05, 4.69) is 20.3 Å². The molecule has 0 atom stereocenters. The largest absolute Gasteiger partial charge is 0.417 e. The van der Waals surface area contributed by atoms with E-state index in [9.17, 15) is 26.4 Å². The van der Waals surface area contributed by atoms with Crippen LogP contribution in [-0.4, -0.2) is 35.3 Å². The smallest absolute Gasteiger partial charge is 0.348 e. The lowest BCUT2D eigenvalue weighted by Gasteiger charge is -2.26. The molecule has 11 heteroatoms. The summed E-state index contributed by atoms with van der Waals surface area (Å²) in [6.45, 7) is 1.94. The molecule has 1 aromatic carbocycles. The maximum absolute atomic E-state index is 13.0. The second-order valence-electron chi connectivity index (χ2n) is 8.89. The summed E-state index contributed by atoms with van der Waals surface area (Å²) in [5.41, 5.74) is 2.30. The average molecular weight is 531 g/mol. The van der Waals surface area contributed by atoms with E-state index in [1.807, 2.05) is 13.0 Å². The van der Waals surface area contributed by atoms with Crippen molar-refractivity contribution in [3.63, 3.8) is 0 Å². The number of pyridine rings is 1. The highest BCUT2D eigenvalue weighted by Gasteiger charge is 2.31. The fourth-order valence-corrected chi connectivity index (χ4v) is 5.56. The summed E-state index contributed by atoms with van der Waals surface area (Å²) in [4.78, 5) is 24.0. The SMILES string of the molecule is CC(=C1CCC(NC(=O)c2cnccn2)CC1)c1cccc(S(=O)(=O)Cc2ccc(C(F)(F)F)cn2)c1. The number of rotatable bonds is 6. The number of alkyl halides is 3. The number of carbonyl (C=O) groups is 1. The number of allylic oxidation sites excluding steroid dienone is 2. The molecule has 0 radical (unpaired) electrons. The number of benzene rings is 1. The lowest BCUT2D eigenvalue weighted by atomic mass is 9.86. The Morgan fingerprint density at radius 2 is 1.81 bits per heavy atom. The summed E-state index contributed by atoms with van der Waals surface area (Å²) in [6, 6.07) is 8.46. The Kier molecular flexibility index (Phi) is 7.72. The molecule has 0 aliphatic heterocycles. The van der Waals surface area contributed by atoms with Crippen LogP contribution in [0, 0.1) is 0 Å². The highest BCUT2D eigenvalue weighted by Crippen LogP contribution is 2.32. The monoisotopic (exact) mass is 530 g/mol. The molecule has 194 valence electrons. The van der Waals surface area contributed by atoms with Gasteiger partial charge in [0.2, 0.25) is 0 Å². The normalized spacial score (nSPS) is 16.3. The van der Waals surface area contributed by atoms with E-state index in [0.29, 0.717) is 6.20 Å². The van der Waals surface area contributed by atoms with Gasteiger partial charge in [-0.25, -0.2) is 13.4 Å². The average Bonchev–Trinajstić information content (AvgIpc) is 2.89. The van der Waals surface area contributed by atoms with Crippen molar-refractivity contribution in [3.05, 3.63) is 89.3 Å². The van der Waals surface area contributed by atoms with E-state index in [-0.39, 0.29) is 28.2 Å². The Labute approximate surface area is 212 Å². The summed E-state index contributed by atoms with van der Waals surface area (Å²) < 4.78 is 64.2. The quantitative estimate of drug-likeness (QED) is 0.481. The number of carbonyl (C=O) groups excluding carboxylic acids is 1. The number of sulfone groups is 1.